The largest absolute Gasteiger partial charge is 0.455 e. The molecule has 0 bridgehead atoms. The first-order valence-electron chi connectivity index (χ1n) is 4.13. The Balaban J connectivity index is 3.51. The molecule has 0 unspecified atom stereocenters. The molecule has 0 aliphatic carbocycles. The van der Waals surface area contributed by atoms with Gasteiger partial charge in [0.2, 0.25) is 0 Å². The van der Waals surface area contributed by atoms with Gasteiger partial charge >= 0.3 is 12.4 Å². The highest BCUT2D eigenvalue weighted by molar-refractivity contribution is 9.10. The Morgan fingerprint density at radius 2 is 1.56 bits per heavy atom. The van der Waals surface area contributed by atoms with Gasteiger partial charge in [0.05, 0.1) is 11.1 Å². The predicted octanol–water partition coefficient (Wildman–Crippen LogP) is 4.35. The van der Waals surface area contributed by atoms with Crippen LogP contribution in [0, 0.1) is 5.82 Å². The number of carbonyl (C=O) groups is 1. The smallest absolute Gasteiger partial charge is 0.284 e. The Bertz CT molecular complexity index is 489. The van der Waals surface area contributed by atoms with E-state index >= 15 is 0 Å². The maximum Gasteiger partial charge on any atom is 0.455 e. The van der Waals surface area contributed by atoms with E-state index in [2.05, 4.69) is 15.9 Å². The summed E-state index contributed by atoms with van der Waals surface area (Å²) in [4.78, 5) is 10.8. The highest BCUT2D eigenvalue weighted by Crippen LogP contribution is 2.37. The molecule has 0 aliphatic rings. The van der Waals surface area contributed by atoms with Crippen molar-refractivity contribution in [1.29, 1.82) is 0 Å². The molecule has 1 aromatic rings. The Kier molecular flexibility index (Phi) is 3.75. The molecule has 1 nitrogen and oxygen atoms in total. The topological polar surface area (TPSA) is 17.1 Å². The maximum absolute atomic E-state index is 13.3. The lowest BCUT2D eigenvalue weighted by molar-refractivity contribution is -0.140. The van der Waals surface area contributed by atoms with Gasteiger partial charge in [-0.3, -0.25) is 4.79 Å². The summed E-state index contributed by atoms with van der Waals surface area (Å²) in [5.74, 6) is -4.93. The number of hydrogen-bond acceptors (Lipinski definition) is 1. The van der Waals surface area contributed by atoms with Crippen molar-refractivity contribution in [3.05, 3.63) is 33.5 Å². The summed E-state index contributed by atoms with van der Waals surface area (Å²) in [6.07, 6.45) is -10.7. The van der Waals surface area contributed by atoms with Crippen molar-refractivity contribution >= 4 is 21.7 Å². The van der Waals surface area contributed by atoms with Crippen LogP contribution in [0.25, 0.3) is 0 Å². The van der Waals surface area contributed by atoms with Crippen molar-refractivity contribution in [2.75, 3.05) is 0 Å². The third-order valence-electron chi connectivity index (χ3n) is 1.88. The van der Waals surface area contributed by atoms with Crippen LogP contribution in [0.3, 0.4) is 0 Å². The minimum atomic E-state index is -5.46. The quantitative estimate of drug-likeness (QED) is 0.549. The van der Waals surface area contributed by atoms with Gasteiger partial charge in [-0.2, -0.15) is 26.3 Å². The monoisotopic (exact) mass is 338 g/mol. The Morgan fingerprint density at radius 1 is 1.06 bits per heavy atom. The zero-order valence-corrected chi connectivity index (χ0v) is 9.67. The Hall–Kier alpha value is -1.12. The first-order valence-corrected chi connectivity index (χ1v) is 4.92. The molecule has 0 aromatic heterocycles. The number of halogens is 8. The molecule has 0 saturated heterocycles. The van der Waals surface area contributed by atoms with E-state index in [0.717, 1.165) is 0 Å². The molecule has 0 spiro atoms. The highest BCUT2D eigenvalue weighted by Gasteiger charge is 2.44. The standard InChI is InChI=1S/C9H2BrF7O/c10-4-2-1-3(8(12,13)14)6(11)5(4)7(18)9(15,16)17/h1-2H. The van der Waals surface area contributed by atoms with Crippen LogP contribution < -0.4 is 0 Å². The van der Waals surface area contributed by atoms with E-state index in [1.54, 1.807) is 0 Å². The highest BCUT2D eigenvalue weighted by atomic mass is 79.9. The number of Topliss-reactive ketones (excluding diaryl/α,β-unsaturated/α-hetero) is 1. The van der Waals surface area contributed by atoms with Gasteiger partial charge in [-0.05, 0) is 28.1 Å². The predicted molar refractivity (Wildman–Crippen MR) is 49.5 cm³/mol. The molecular weight excluding hydrogens is 337 g/mol. The fraction of sp³-hybridized carbons (Fsp3) is 0.222. The van der Waals surface area contributed by atoms with E-state index in [1.165, 1.54) is 0 Å². The van der Waals surface area contributed by atoms with Gasteiger partial charge in [-0.1, -0.05) is 0 Å². The van der Waals surface area contributed by atoms with Gasteiger partial charge < -0.3 is 0 Å². The first-order chi connectivity index (χ1) is 7.96. The average Bonchev–Trinajstić information content (AvgIpc) is 2.13. The van der Waals surface area contributed by atoms with Crippen molar-refractivity contribution in [3.8, 4) is 0 Å². The molecule has 18 heavy (non-hydrogen) atoms. The summed E-state index contributed by atoms with van der Waals surface area (Å²) in [7, 11) is 0. The van der Waals surface area contributed by atoms with Crippen LogP contribution in [0.2, 0.25) is 0 Å². The van der Waals surface area contributed by atoms with Crippen molar-refractivity contribution in [2.24, 2.45) is 0 Å². The molecule has 0 radical (unpaired) electrons. The lowest BCUT2D eigenvalue weighted by atomic mass is 10.1. The Labute approximate surface area is 104 Å². The van der Waals surface area contributed by atoms with E-state index in [4.69, 9.17) is 0 Å². The molecule has 0 heterocycles. The van der Waals surface area contributed by atoms with E-state index in [9.17, 15) is 35.5 Å². The minimum absolute atomic E-state index is 0.243. The van der Waals surface area contributed by atoms with Gasteiger partial charge in [0, 0.05) is 4.47 Å². The number of ketones is 1. The van der Waals surface area contributed by atoms with Crippen LogP contribution in [0.5, 0.6) is 0 Å². The minimum Gasteiger partial charge on any atom is -0.284 e. The van der Waals surface area contributed by atoms with Gasteiger partial charge in [0.15, 0.2) is 0 Å². The number of hydrogen-bond donors (Lipinski definition) is 0. The maximum atomic E-state index is 13.3. The number of carbonyl (C=O) groups excluding carboxylic acids is 1. The van der Waals surface area contributed by atoms with Gasteiger partial charge in [0.1, 0.15) is 5.82 Å². The molecule has 0 aliphatic heterocycles. The fourth-order valence-electron chi connectivity index (χ4n) is 1.12. The Morgan fingerprint density at radius 3 is 1.94 bits per heavy atom. The summed E-state index contributed by atoms with van der Waals surface area (Å²) in [5, 5.41) is 0. The second-order valence-electron chi connectivity index (χ2n) is 3.11. The van der Waals surface area contributed by atoms with Crippen LogP contribution in [0.15, 0.2) is 16.6 Å². The van der Waals surface area contributed by atoms with Gasteiger partial charge in [-0.25, -0.2) is 4.39 Å². The van der Waals surface area contributed by atoms with Crippen LogP contribution in [0.4, 0.5) is 30.7 Å². The zero-order chi connectivity index (χ0) is 14.3. The van der Waals surface area contributed by atoms with Gasteiger partial charge in [-0.15, -0.1) is 0 Å². The summed E-state index contributed by atoms with van der Waals surface area (Å²) >= 11 is 2.41. The van der Waals surface area contributed by atoms with E-state index in [-0.39, 0.29) is 6.07 Å². The lowest BCUT2D eigenvalue weighted by Gasteiger charge is -2.13. The SMILES string of the molecule is O=C(c1c(Br)ccc(C(F)(F)F)c1F)C(F)(F)F. The molecule has 100 valence electrons. The lowest BCUT2D eigenvalue weighted by Crippen LogP contribution is -2.25. The molecule has 0 amide bonds. The normalized spacial score (nSPS) is 12.7. The molecule has 0 saturated carbocycles. The second-order valence-corrected chi connectivity index (χ2v) is 3.96. The number of benzene rings is 1. The molecule has 1 aromatic carbocycles. The third-order valence-corrected chi connectivity index (χ3v) is 2.54. The first kappa shape index (κ1) is 14.9. The second kappa shape index (κ2) is 4.52. The van der Waals surface area contributed by atoms with Crippen molar-refractivity contribution in [3.63, 3.8) is 0 Å². The van der Waals surface area contributed by atoms with Crippen LogP contribution >= 0.6 is 15.9 Å². The molecule has 0 atom stereocenters. The molecule has 9 heteroatoms. The fourth-order valence-corrected chi connectivity index (χ4v) is 1.61. The van der Waals surface area contributed by atoms with Crippen molar-refractivity contribution in [1.82, 2.24) is 0 Å². The van der Waals surface area contributed by atoms with Gasteiger partial charge in [0.25, 0.3) is 5.78 Å². The molecule has 1 rings (SSSR count). The molecule has 0 fully saturated rings. The van der Waals surface area contributed by atoms with E-state index < -0.39 is 39.6 Å². The number of rotatable bonds is 1. The van der Waals surface area contributed by atoms with Crippen molar-refractivity contribution < 1.29 is 35.5 Å². The molecular formula is C9H2BrF7O. The molecule has 0 N–H and O–H groups in total. The number of alkyl halides is 6. The van der Waals surface area contributed by atoms with Crippen molar-refractivity contribution in [2.45, 2.75) is 12.4 Å². The summed E-state index contributed by atoms with van der Waals surface area (Å²) < 4.78 is 85.8. The van der Waals surface area contributed by atoms with Crippen LogP contribution in [-0.2, 0) is 6.18 Å². The summed E-state index contributed by atoms with van der Waals surface area (Å²) in [6.45, 7) is 0. The van der Waals surface area contributed by atoms with E-state index in [0.29, 0.717) is 6.07 Å². The third kappa shape index (κ3) is 2.82. The summed E-state index contributed by atoms with van der Waals surface area (Å²) in [6, 6.07) is 0.775. The van der Waals surface area contributed by atoms with Crippen LogP contribution in [-0.4, -0.2) is 12.0 Å². The summed E-state index contributed by atoms with van der Waals surface area (Å²) in [5.41, 5.74) is -3.62. The van der Waals surface area contributed by atoms with E-state index in [1.807, 2.05) is 0 Å². The average molecular weight is 339 g/mol. The van der Waals surface area contributed by atoms with Crippen LogP contribution in [0.1, 0.15) is 15.9 Å². The zero-order valence-electron chi connectivity index (χ0n) is 8.09.